The van der Waals surface area contributed by atoms with Crippen LogP contribution in [0.5, 0.6) is 0 Å². The van der Waals surface area contributed by atoms with Gasteiger partial charge in [-0.25, -0.2) is 4.98 Å². The molecule has 0 fully saturated rings. The monoisotopic (exact) mass is 231 g/mol. The van der Waals surface area contributed by atoms with Gasteiger partial charge in [0.15, 0.2) is 0 Å². The lowest BCUT2D eigenvalue weighted by Crippen LogP contribution is -2.19. The van der Waals surface area contributed by atoms with E-state index >= 15 is 0 Å². The maximum Gasteiger partial charge on any atom is 0.203 e. The number of hydrogen-bond donors (Lipinski definition) is 3. The van der Waals surface area contributed by atoms with Crippen LogP contribution in [0.4, 0.5) is 5.95 Å². The summed E-state index contributed by atoms with van der Waals surface area (Å²) in [5, 5.41) is 3.34. The Morgan fingerprint density at radius 2 is 2.41 bits per heavy atom. The fraction of sp³-hybridized carbons (Fsp3) is 0.417. The maximum absolute atomic E-state index is 5.71. The fourth-order valence-corrected chi connectivity index (χ4v) is 2.39. The van der Waals surface area contributed by atoms with Gasteiger partial charge >= 0.3 is 0 Å². The van der Waals surface area contributed by atoms with Crippen LogP contribution in [0.3, 0.4) is 0 Å². The second-order valence-electron chi connectivity index (χ2n) is 4.30. The summed E-state index contributed by atoms with van der Waals surface area (Å²) in [6.07, 6.45) is 5.92. The lowest BCUT2D eigenvalue weighted by molar-refractivity contribution is 0.603. The van der Waals surface area contributed by atoms with Crippen LogP contribution in [0, 0.1) is 0 Å². The van der Waals surface area contributed by atoms with Gasteiger partial charge in [0.2, 0.25) is 5.95 Å². The molecule has 0 aromatic carbocycles. The second kappa shape index (κ2) is 4.25. The van der Waals surface area contributed by atoms with E-state index in [9.17, 15) is 0 Å². The van der Waals surface area contributed by atoms with Crippen LogP contribution >= 0.6 is 0 Å². The van der Waals surface area contributed by atoms with E-state index in [1.807, 2.05) is 18.5 Å². The van der Waals surface area contributed by atoms with E-state index in [1.165, 1.54) is 5.69 Å². The number of H-pyrrole nitrogens is 1. The fourth-order valence-electron chi connectivity index (χ4n) is 2.39. The van der Waals surface area contributed by atoms with Crippen molar-refractivity contribution in [1.29, 1.82) is 0 Å². The zero-order chi connectivity index (χ0) is 11.7. The van der Waals surface area contributed by atoms with Crippen LogP contribution in [0.25, 0.3) is 11.3 Å². The Labute approximate surface area is 100 Å². The highest BCUT2D eigenvalue weighted by Gasteiger charge is 2.19. The highest BCUT2D eigenvalue weighted by Crippen LogP contribution is 2.28. The van der Waals surface area contributed by atoms with Gasteiger partial charge in [-0.15, -0.1) is 0 Å². The molecule has 90 valence electrons. The van der Waals surface area contributed by atoms with Crippen molar-refractivity contribution in [2.24, 2.45) is 5.73 Å². The number of anilines is 1. The molecule has 0 unspecified atom stereocenters. The minimum Gasteiger partial charge on any atom is -0.367 e. The highest BCUT2D eigenvalue weighted by molar-refractivity contribution is 5.64. The molecule has 3 heterocycles. The molecule has 3 rings (SSSR count). The third-order valence-electron chi connectivity index (χ3n) is 3.17. The van der Waals surface area contributed by atoms with Crippen molar-refractivity contribution in [2.75, 3.05) is 18.4 Å². The van der Waals surface area contributed by atoms with Gasteiger partial charge in [-0.05, 0) is 19.0 Å². The van der Waals surface area contributed by atoms with Gasteiger partial charge in [0.1, 0.15) is 0 Å². The van der Waals surface area contributed by atoms with Gasteiger partial charge in [-0.1, -0.05) is 0 Å². The number of rotatable bonds is 3. The summed E-state index contributed by atoms with van der Waals surface area (Å²) in [5.41, 5.74) is 9.14. The first-order chi connectivity index (χ1) is 8.40. The molecule has 1 aliphatic heterocycles. The molecular formula is C12H17N5. The van der Waals surface area contributed by atoms with Gasteiger partial charge in [0.25, 0.3) is 0 Å². The molecule has 2 aromatic heterocycles. The van der Waals surface area contributed by atoms with Gasteiger partial charge < -0.3 is 20.6 Å². The average Bonchev–Trinajstić information content (AvgIpc) is 2.97. The summed E-state index contributed by atoms with van der Waals surface area (Å²) in [4.78, 5) is 7.77. The lowest BCUT2D eigenvalue weighted by Gasteiger charge is -2.17. The zero-order valence-corrected chi connectivity index (χ0v) is 9.74. The van der Waals surface area contributed by atoms with Crippen LogP contribution in [0.2, 0.25) is 0 Å². The first-order valence-electron chi connectivity index (χ1n) is 6.06. The van der Waals surface area contributed by atoms with Crippen molar-refractivity contribution < 1.29 is 0 Å². The lowest BCUT2D eigenvalue weighted by atomic mass is 10.1. The molecule has 1 aliphatic rings. The quantitative estimate of drug-likeness (QED) is 0.743. The molecule has 0 radical (unpaired) electrons. The first-order valence-corrected chi connectivity index (χ1v) is 6.06. The molecule has 4 N–H and O–H groups in total. The third kappa shape index (κ3) is 1.72. The van der Waals surface area contributed by atoms with Crippen molar-refractivity contribution >= 4 is 5.95 Å². The van der Waals surface area contributed by atoms with Crippen molar-refractivity contribution in [3.8, 4) is 11.3 Å². The van der Waals surface area contributed by atoms with Crippen LogP contribution in [-0.2, 0) is 13.0 Å². The van der Waals surface area contributed by atoms with Crippen molar-refractivity contribution in [1.82, 2.24) is 14.5 Å². The normalized spacial score (nSPS) is 14.4. The molecule has 0 saturated heterocycles. The summed E-state index contributed by atoms with van der Waals surface area (Å²) in [6.45, 7) is 2.70. The number of fused-ring (bicyclic) bond motifs is 1. The molecule has 0 aliphatic carbocycles. The number of nitrogens with zero attached hydrogens (tertiary/aromatic N) is 2. The summed E-state index contributed by atoms with van der Waals surface area (Å²) < 4.78 is 2.26. The number of imidazole rings is 1. The molecule has 0 saturated carbocycles. The Balaban J connectivity index is 2.10. The van der Waals surface area contributed by atoms with E-state index in [2.05, 4.69) is 19.9 Å². The minimum absolute atomic E-state index is 0.655. The largest absolute Gasteiger partial charge is 0.367 e. The first kappa shape index (κ1) is 10.4. The number of aromatic nitrogens is 3. The Kier molecular flexibility index (Phi) is 2.60. The molecule has 5 nitrogen and oxygen atoms in total. The van der Waals surface area contributed by atoms with Crippen molar-refractivity contribution in [3.63, 3.8) is 0 Å². The van der Waals surface area contributed by atoms with Crippen LogP contribution in [0.1, 0.15) is 12.1 Å². The van der Waals surface area contributed by atoms with Gasteiger partial charge in [0, 0.05) is 43.2 Å². The summed E-state index contributed by atoms with van der Waals surface area (Å²) >= 11 is 0. The predicted molar refractivity (Wildman–Crippen MR) is 67.9 cm³/mol. The smallest absolute Gasteiger partial charge is 0.203 e. The Morgan fingerprint density at radius 3 is 3.18 bits per heavy atom. The standard InChI is InChI=1S/C12H17N5/c13-4-2-10-11(9-3-6-14-8-9)16-12-15-5-1-7-17(10)12/h3,6,8,14H,1-2,4-5,7,13H2,(H,15,16). The highest BCUT2D eigenvalue weighted by atomic mass is 15.2. The summed E-state index contributed by atoms with van der Waals surface area (Å²) in [7, 11) is 0. The minimum atomic E-state index is 0.655. The Bertz CT molecular complexity index is 497. The number of aromatic amines is 1. The van der Waals surface area contributed by atoms with E-state index in [-0.39, 0.29) is 0 Å². The molecular weight excluding hydrogens is 214 g/mol. The van der Waals surface area contributed by atoms with Gasteiger partial charge in [0.05, 0.1) is 5.69 Å². The van der Waals surface area contributed by atoms with Gasteiger partial charge in [-0.3, -0.25) is 0 Å². The Hall–Kier alpha value is -1.75. The average molecular weight is 231 g/mol. The molecule has 0 bridgehead atoms. The van der Waals surface area contributed by atoms with Crippen LogP contribution in [0.15, 0.2) is 18.5 Å². The van der Waals surface area contributed by atoms with Crippen molar-refractivity contribution in [2.45, 2.75) is 19.4 Å². The third-order valence-corrected chi connectivity index (χ3v) is 3.17. The molecule has 2 aromatic rings. The molecule has 0 atom stereocenters. The SMILES string of the molecule is NCCc1c(-c2cc[nH]c2)nc2n1CCCN2. The van der Waals surface area contributed by atoms with E-state index in [4.69, 9.17) is 5.73 Å². The molecule has 17 heavy (non-hydrogen) atoms. The van der Waals surface area contributed by atoms with E-state index in [0.717, 1.165) is 43.1 Å². The Morgan fingerprint density at radius 1 is 1.47 bits per heavy atom. The number of nitrogens with two attached hydrogens (primary N) is 1. The molecule has 5 heteroatoms. The van der Waals surface area contributed by atoms with E-state index < -0.39 is 0 Å². The van der Waals surface area contributed by atoms with Crippen LogP contribution < -0.4 is 11.1 Å². The predicted octanol–water partition coefficient (Wildman–Crippen LogP) is 1.19. The van der Waals surface area contributed by atoms with E-state index in [0.29, 0.717) is 6.54 Å². The zero-order valence-electron chi connectivity index (χ0n) is 9.74. The summed E-state index contributed by atoms with van der Waals surface area (Å²) in [5.74, 6) is 0.982. The van der Waals surface area contributed by atoms with Gasteiger partial charge in [-0.2, -0.15) is 0 Å². The van der Waals surface area contributed by atoms with Crippen molar-refractivity contribution in [3.05, 3.63) is 24.2 Å². The summed E-state index contributed by atoms with van der Waals surface area (Å²) in [6, 6.07) is 2.05. The second-order valence-corrected chi connectivity index (χ2v) is 4.30. The molecule has 0 amide bonds. The maximum atomic E-state index is 5.71. The topological polar surface area (TPSA) is 71.7 Å². The number of nitrogens with one attached hydrogen (secondary N) is 2. The van der Waals surface area contributed by atoms with Crippen LogP contribution in [-0.4, -0.2) is 27.6 Å². The van der Waals surface area contributed by atoms with E-state index in [1.54, 1.807) is 0 Å². The number of hydrogen-bond acceptors (Lipinski definition) is 3. The molecule has 0 spiro atoms.